The van der Waals surface area contributed by atoms with Gasteiger partial charge in [-0.15, -0.1) is 0 Å². The first-order valence-corrected chi connectivity index (χ1v) is 9.33. The Morgan fingerprint density at radius 3 is 2.44 bits per heavy atom. The number of carbonyl (C=O) groups is 1. The number of rotatable bonds is 4. The molecule has 0 unspecified atom stereocenters. The predicted octanol–water partition coefficient (Wildman–Crippen LogP) is 3.47. The number of aliphatic hydroxyl groups is 1. The van der Waals surface area contributed by atoms with Crippen LogP contribution < -0.4 is 0 Å². The van der Waals surface area contributed by atoms with Gasteiger partial charge in [0.05, 0.1) is 18.7 Å². The molecule has 1 N–H and O–H groups in total. The number of benzene rings is 2. The number of likely N-dealkylation sites (tertiary alicyclic amines) is 1. The summed E-state index contributed by atoms with van der Waals surface area (Å²) in [5.74, 6) is -0.515. The Bertz CT molecular complexity index is 886. The second-order valence-electron chi connectivity index (χ2n) is 7.32. The molecule has 1 aliphatic carbocycles. The highest BCUT2D eigenvalue weighted by Crippen LogP contribution is 2.43. The van der Waals surface area contributed by atoms with E-state index in [0.717, 1.165) is 30.4 Å². The molecule has 2 fully saturated rings. The van der Waals surface area contributed by atoms with E-state index in [1.807, 2.05) is 24.3 Å². The Kier molecular flexibility index (Phi) is 4.67. The Hall–Kier alpha value is -2.71. The molecule has 0 aromatic heterocycles. The number of nitriles is 1. The van der Waals surface area contributed by atoms with Crippen LogP contribution in [0.4, 0.5) is 4.39 Å². The van der Waals surface area contributed by atoms with Crippen LogP contribution in [0.3, 0.4) is 0 Å². The smallest absolute Gasteiger partial charge is 0.227 e. The summed E-state index contributed by atoms with van der Waals surface area (Å²) in [6, 6.07) is 15.3. The van der Waals surface area contributed by atoms with Gasteiger partial charge in [-0.05, 0) is 30.0 Å². The largest absolute Gasteiger partial charge is 0.394 e. The Balaban J connectivity index is 1.58. The molecule has 4 nitrogen and oxygen atoms in total. The first-order valence-electron chi connectivity index (χ1n) is 9.33. The van der Waals surface area contributed by atoms with Crippen molar-refractivity contribution in [2.45, 2.75) is 37.3 Å². The fourth-order valence-electron chi connectivity index (χ4n) is 4.16. The summed E-state index contributed by atoms with van der Waals surface area (Å²) < 4.78 is 14.0. The maximum Gasteiger partial charge on any atom is 0.227 e. The molecule has 1 saturated carbocycles. The molecule has 2 aromatic carbocycles. The van der Waals surface area contributed by atoms with Gasteiger partial charge in [0.2, 0.25) is 5.91 Å². The second-order valence-corrected chi connectivity index (χ2v) is 7.32. The highest BCUT2D eigenvalue weighted by atomic mass is 19.1. The highest BCUT2D eigenvalue weighted by molar-refractivity contribution is 5.82. The van der Waals surface area contributed by atoms with E-state index in [9.17, 15) is 19.6 Å². The summed E-state index contributed by atoms with van der Waals surface area (Å²) in [6.07, 6.45) is 2.79. The number of amides is 1. The van der Waals surface area contributed by atoms with Crippen LogP contribution in [-0.2, 0) is 4.79 Å². The number of carbonyl (C=O) groups excluding carboxylic acids is 1. The molecule has 1 aliphatic heterocycles. The average molecular weight is 364 g/mol. The highest BCUT2D eigenvalue weighted by Gasteiger charge is 2.53. The van der Waals surface area contributed by atoms with Gasteiger partial charge in [0.15, 0.2) is 0 Å². The lowest BCUT2D eigenvalue weighted by Gasteiger charge is -2.53. The zero-order valence-electron chi connectivity index (χ0n) is 14.9. The van der Waals surface area contributed by atoms with Crippen molar-refractivity contribution in [3.8, 4) is 17.2 Å². The van der Waals surface area contributed by atoms with Gasteiger partial charge in [0.1, 0.15) is 11.9 Å². The van der Waals surface area contributed by atoms with E-state index in [2.05, 4.69) is 6.07 Å². The molecule has 0 radical (unpaired) electrons. The minimum absolute atomic E-state index is 0.000665. The zero-order valence-corrected chi connectivity index (χ0v) is 14.9. The summed E-state index contributed by atoms with van der Waals surface area (Å²) in [5.41, 5.74) is 2.17. The van der Waals surface area contributed by atoms with Crippen LogP contribution in [0.2, 0.25) is 0 Å². The standard InChI is InChI=1S/C22H21FN2O2/c23-18-7-2-1-6-17(18)14-8-10-15(11-9-14)21-19(12-24)25(20(21)13-26)22(27)16-4-3-5-16/h1-2,6-11,16,19-21,26H,3-5,13H2/t19-,20-,21+/m0/s1. The molecule has 1 heterocycles. The van der Waals surface area contributed by atoms with E-state index in [1.165, 1.54) is 6.07 Å². The van der Waals surface area contributed by atoms with E-state index in [0.29, 0.717) is 5.56 Å². The maximum absolute atomic E-state index is 14.0. The van der Waals surface area contributed by atoms with Gasteiger partial charge in [0, 0.05) is 17.4 Å². The summed E-state index contributed by atoms with van der Waals surface area (Å²) in [7, 11) is 0. The van der Waals surface area contributed by atoms with Crippen LogP contribution >= 0.6 is 0 Å². The van der Waals surface area contributed by atoms with Gasteiger partial charge in [-0.25, -0.2) is 4.39 Å². The average Bonchev–Trinajstić information content (AvgIpc) is 2.61. The van der Waals surface area contributed by atoms with Crippen molar-refractivity contribution < 1.29 is 14.3 Å². The monoisotopic (exact) mass is 364 g/mol. The fourth-order valence-corrected chi connectivity index (χ4v) is 4.16. The predicted molar refractivity (Wildman–Crippen MR) is 99.0 cm³/mol. The fraction of sp³-hybridized carbons (Fsp3) is 0.364. The molecule has 1 amide bonds. The first kappa shape index (κ1) is 17.7. The van der Waals surface area contributed by atoms with Crippen molar-refractivity contribution in [3.05, 3.63) is 59.9 Å². The zero-order chi connectivity index (χ0) is 19.0. The normalized spacial score (nSPS) is 24.6. The van der Waals surface area contributed by atoms with Crippen molar-refractivity contribution in [1.82, 2.24) is 4.90 Å². The van der Waals surface area contributed by atoms with Gasteiger partial charge in [-0.2, -0.15) is 5.26 Å². The Morgan fingerprint density at radius 2 is 1.89 bits per heavy atom. The number of hydrogen-bond donors (Lipinski definition) is 1. The second kappa shape index (κ2) is 7.13. The van der Waals surface area contributed by atoms with E-state index in [4.69, 9.17) is 0 Å². The van der Waals surface area contributed by atoms with Crippen LogP contribution in [0.1, 0.15) is 30.7 Å². The van der Waals surface area contributed by atoms with E-state index >= 15 is 0 Å². The maximum atomic E-state index is 14.0. The van der Waals surface area contributed by atoms with Gasteiger partial charge in [-0.1, -0.05) is 48.9 Å². The molecule has 27 heavy (non-hydrogen) atoms. The van der Waals surface area contributed by atoms with E-state index < -0.39 is 6.04 Å². The molecule has 0 bridgehead atoms. The third kappa shape index (κ3) is 2.90. The molecule has 4 rings (SSSR count). The summed E-state index contributed by atoms with van der Waals surface area (Å²) in [5, 5.41) is 19.5. The van der Waals surface area contributed by atoms with Crippen molar-refractivity contribution >= 4 is 5.91 Å². The van der Waals surface area contributed by atoms with Gasteiger partial charge in [0.25, 0.3) is 0 Å². The molecule has 2 aliphatic rings. The summed E-state index contributed by atoms with van der Waals surface area (Å²) in [4.78, 5) is 14.2. The minimum Gasteiger partial charge on any atom is -0.394 e. The van der Waals surface area contributed by atoms with Crippen molar-refractivity contribution in [3.63, 3.8) is 0 Å². The van der Waals surface area contributed by atoms with Crippen molar-refractivity contribution in [2.24, 2.45) is 5.92 Å². The number of halogens is 1. The minimum atomic E-state index is -0.561. The summed E-state index contributed by atoms with van der Waals surface area (Å²) >= 11 is 0. The Labute approximate surface area is 157 Å². The van der Waals surface area contributed by atoms with Gasteiger partial charge >= 0.3 is 0 Å². The molecule has 5 heteroatoms. The summed E-state index contributed by atoms with van der Waals surface area (Å²) in [6.45, 7) is -0.170. The van der Waals surface area contributed by atoms with Crippen LogP contribution in [0, 0.1) is 23.1 Å². The molecule has 2 aromatic rings. The molecular formula is C22H21FN2O2. The Morgan fingerprint density at radius 1 is 1.19 bits per heavy atom. The third-order valence-corrected chi connectivity index (χ3v) is 5.92. The molecule has 3 atom stereocenters. The number of hydrogen-bond acceptors (Lipinski definition) is 3. The van der Waals surface area contributed by atoms with Crippen LogP contribution in [-0.4, -0.2) is 34.6 Å². The van der Waals surface area contributed by atoms with Crippen molar-refractivity contribution in [1.29, 1.82) is 5.26 Å². The third-order valence-electron chi connectivity index (χ3n) is 5.92. The first-order chi connectivity index (χ1) is 13.2. The molecule has 1 saturated heterocycles. The SMILES string of the molecule is N#C[C@H]1[C@@H](c2ccc(-c3ccccc3F)cc2)[C@H](CO)N1C(=O)C1CCC1. The van der Waals surface area contributed by atoms with Gasteiger partial charge in [-0.3, -0.25) is 4.79 Å². The van der Waals surface area contributed by atoms with Gasteiger partial charge < -0.3 is 10.0 Å². The number of aliphatic hydroxyl groups excluding tert-OH is 1. The quantitative estimate of drug-likeness (QED) is 0.903. The molecule has 138 valence electrons. The lowest BCUT2D eigenvalue weighted by Crippen LogP contribution is -2.66. The van der Waals surface area contributed by atoms with Crippen LogP contribution in [0.15, 0.2) is 48.5 Å². The van der Waals surface area contributed by atoms with Crippen LogP contribution in [0.25, 0.3) is 11.1 Å². The topological polar surface area (TPSA) is 64.3 Å². The lowest BCUT2D eigenvalue weighted by molar-refractivity contribution is -0.154. The van der Waals surface area contributed by atoms with E-state index in [-0.39, 0.29) is 36.2 Å². The van der Waals surface area contributed by atoms with E-state index in [1.54, 1.807) is 23.1 Å². The van der Waals surface area contributed by atoms with Crippen molar-refractivity contribution in [2.75, 3.05) is 6.61 Å². The van der Waals surface area contributed by atoms with Crippen LogP contribution in [0.5, 0.6) is 0 Å². The molecule has 0 spiro atoms. The number of nitrogens with zero attached hydrogens (tertiary/aromatic N) is 2. The lowest BCUT2D eigenvalue weighted by atomic mass is 9.73. The molecular weight excluding hydrogens is 343 g/mol.